The van der Waals surface area contributed by atoms with Gasteiger partial charge in [-0.1, -0.05) is 19.1 Å². The van der Waals surface area contributed by atoms with Crippen LogP contribution in [-0.2, 0) is 10.2 Å². The number of ether oxygens (including phenoxy) is 1. The number of benzene rings is 2. The Morgan fingerprint density at radius 3 is 2.44 bits per heavy atom. The number of aliphatic hydroxyl groups is 1. The number of rotatable bonds is 4. The Morgan fingerprint density at radius 2 is 1.85 bits per heavy atom. The molecule has 0 aliphatic carbocycles. The van der Waals surface area contributed by atoms with Gasteiger partial charge in [-0.15, -0.1) is 0 Å². The van der Waals surface area contributed by atoms with E-state index in [9.17, 15) is 4.79 Å². The van der Waals surface area contributed by atoms with Crippen molar-refractivity contribution in [1.29, 1.82) is 0 Å². The topological polar surface area (TPSA) is 75.8 Å². The summed E-state index contributed by atoms with van der Waals surface area (Å²) in [5.74, 6) is 0.755. The molecule has 1 heterocycles. The maximum absolute atomic E-state index is 12.4. The summed E-state index contributed by atoms with van der Waals surface area (Å²) in [4.78, 5) is 14.3. The van der Waals surface area contributed by atoms with Gasteiger partial charge in [-0.2, -0.15) is 0 Å². The third kappa shape index (κ3) is 3.39. The lowest BCUT2D eigenvalue weighted by molar-refractivity contribution is -0.117. The number of hydrogen-bond acceptors (Lipinski definition) is 4. The number of aliphatic hydroxyl groups excluding tert-OH is 1. The first kappa shape index (κ1) is 19.2. The summed E-state index contributed by atoms with van der Waals surface area (Å²) < 4.78 is 5.49. The zero-order valence-electron chi connectivity index (χ0n) is 16.5. The summed E-state index contributed by atoms with van der Waals surface area (Å²) in [6.07, 6.45) is 0.771. The molecule has 5 nitrogen and oxygen atoms in total. The molecule has 2 aromatic rings. The summed E-state index contributed by atoms with van der Waals surface area (Å²) in [6, 6.07) is 13.7. The first-order valence-electron chi connectivity index (χ1n) is 9.24. The minimum atomic E-state index is -0.338. The molecule has 0 bridgehead atoms. The molecule has 1 aliphatic heterocycles. The van der Waals surface area contributed by atoms with Crippen LogP contribution in [-0.4, -0.2) is 29.8 Å². The molecule has 0 fully saturated rings. The fourth-order valence-electron chi connectivity index (χ4n) is 4.49. The van der Waals surface area contributed by atoms with Gasteiger partial charge in [0, 0.05) is 29.3 Å². The van der Waals surface area contributed by atoms with Gasteiger partial charge < -0.3 is 20.5 Å². The largest absolute Gasteiger partial charge is 0.491 e. The van der Waals surface area contributed by atoms with Crippen LogP contribution in [0, 0.1) is 0 Å². The van der Waals surface area contributed by atoms with Crippen LogP contribution >= 0.6 is 0 Å². The van der Waals surface area contributed by atoms with Crippen molar-refractivity contribution in [2.45, 2.75) is 45.1 Å². The summed E-state index contributed by atoms with van der Waals surface area (Å²) in [5.41, 5.74) is 9.27. The summed E-state index contributed by atoms with van der Waals surface area (Å²) in [7, 11) is 0. The number of amides is 1. The first-order valence-corrected chi connectivity index (χ1v) is 9.24. The van der Waals surface area contributed by atoms with Crippen LogP contribution in [0.5, 0.6) is 5.75 Å². The minimum absolute atomic E-state index is 0.0127. The van der Waals surface area contributed by atoms with Gasteiger partial charge in [-0.3, -0.25) is 4.79 Å². The second kappa shape index (κ2) is 6.89. The normalized spacial score (nSPS) is 20.9. The molecule has 0 saturated carbocycles. The molecule has 144 valence electrons. The molecular weight excluding hydrogens is 340 g/mol. The highest BCUT2D eigenvalue weighted by Gasteiger charge is 2.47. The van der Waals surface area contributed by atoms with Crippen molar-refractivity contribution < 1.29 is 14.6 Å². The van der Waals surface area contributed by atoms with Gasteiger partial charge >= 0.3 is 0 Å². The van der Waals surface area contributed by atoms with Crippen LogP contribution in [0.1, 0.15) is 45.2 Å². The second-order valence-electron chi connectivity index (χ2n) is 8.05. The van der Waals surface area contributed by atoms with Gasteiger partial charge in [0.2, 0.25) is 5.91 Å². The molecule has 2 aromatic carbocycles. The number of fused-ring (bicyclic) bond motifs is 1. The molecule has 27 heavy (non-hydrogen) atoms. The summed E-state index contributed by atoms with van der Waals surface area (Å²) in [5, 5.41) is 8.92. The van der Waals surface area contributed by atoms with Gasteiger partial charge in [0.1, 0.15) is 12.4 Å². The van der Waals surface area contributed by atoms with Crippen molar-refractivity contribution in [3.05, 3.63) is 53.6 Å². The number of carbonyl (C=O) groups excluding carboxylic acids is 1. The van der Waals surface area contributed by atoms with E-state index in [1.54, 1.807) is 6.92 Å². The Kier molecular flexibility index (Phi) is 4.91. The first-order chi connectivity index (χ1) is 12.7. The Labute approximate surface area is 160 Å². The number of carbonyl (C=O) groups is 1. The van der Waals surface area contributed by atoms with E-state index in [-0.39, 0.29) is 30.1 Å². The van der Waals surface area contributed by atoms with E-state index in [4.69, 9.17) is 15.6 Å². The number of anilines is 2. The maximum Gasteiger partial charge on any atom is 0.224 e. The van der Waals surface area contributed by atoms with E-state index in [1.807, 2.05) is 35.2 Å². The number of nitrogens with two attached hydrogens (primary N) is 1. The van der Waals surface area contributed by atoms with E-state index in [2.05, 4.69) is 32.9 Å². The molecule has 0 aromatic heterocycles. The van der Waals surface area contributed by atoms with E-state index < -0.39 is 0 Å². The fourth-order valence-corrected chi connectivity index (χ4v) is 4.49. The number of hydrogen-bond donors (Lipinski definition) is 2. The SMILES string of the molecule is CC(=O)N1c2ccc(N)cc2C(C)(c2ccc(OCCO)cc2)CC1(C)C. The monoisotopic (exact) mass is 368 g/mol. The highest BCUT2D eigenvalue weighted by Crippen LogP contribution is 2.51. The van der Waals surface area contributed by atoms with Crippen LogP contribution in [0.4, 0.5) is 11.4 Å². The lowest BCUT2D eigenvalue weighted by Crippen LogP contribution is -2.55. The quantitative estimate of drug-likeness (QED) is 0.810. The molecule has 0 spiro atoms. The Balaban J connectivity index is 2.12. The standard InChI is InChI=1S/C22H28N2O3/c1-15(26)24-20-10-7-17(23)13-19(20)22(4,14-21(24,2)3)16-5-8-18(9-6-16)27-12-11-25/h5-10,13,25H,11-12,14,23H2,1-4H3. The van der Waals surface area contributed by atoms with E-state index in [1.165, 1.54) is 0 Å². The summed E-state index contributed by atoms with van der Waals surface area (Å²) >= 11 is 0. The Hall–Kier alpha value is -2.53. The fraction of sp³-hybridized carbons (Fsp3) is 0.409. The Bertz CT molecular complexity index is 845. The van der Waals surface area contributed by atoms with Gasteiger partial charge in [0.15, 0.2) is 0 Å². The molecule has 3 rings (SSSR count). The van der Waals surface area contributed by atoms with Gasteiger partial charge in [-0.05, 0) is 61.7 Å². The van der Waals surface area contributed by atoms with Crippen molar-refractivity contribution in [2.24, 2.45) is 0 Å². The van der Waals surface area contributed by atoms with Crippen LogP contribution in [0.25, 0.3) is 0 Å². The lowest BCUT2D eigenvalue weighted by Gasteiger charge is -2.51. The van der Waals surface area contributed by atoms with Crippen molar-refractivity contribution in [1.82, 2.24) is 0 Å². The third-order valence-electron chi connectivity index (χ3n) is 5.41. The molecule has 1 aliphatic rings. The zero-order valence-corrected chi connectivity index (χ0v) is 16.5. The van der Waals surface area contributed by atoms with Crippen molar-refractivity contribution in [3.8, 4) is 5.75 Å². The molecule has 1 unspecified atom stereocenters. The maximum atomic E-state index is 12.4. The minimum Gasteiger partial charge on any atom is -0.491 e. The van der Waals surface area contributed by atoms with E-state index in [0.717, 1.165) is 29.0 Å². The molecular formula is C22H28N2O3. The predicted molar refractivity (Wildman–Crippen MR) is 108 cm³/mol. The van der Waals surface area contributed by atoms with Gasteiger partial charge in [-0.25, -0.2) is 0 Å². The average Bonchev–Trinajstić information content (AvgIpc) is 2.60. The molecule has 0 radical (unpaired) electrons. The van der Waals surface area contributed by atoms with E-state index in [0.29, 0.717) is 5.69 Å². The average molecular weight is 368 g/mol. The van der Waals surface area contributed by atoms with Crippen LogP contribution in [0.3, 0.4) is 0 Å². The highest BCUT2D eigenvalue weighted by molar-refractivity contribution is 5.95. The molecule has 1 atom stereocenters. The number of nitrogens with zero attached hydrogens (tertiary/aromatic N) is 1. The molecule has 1 amide bonds. The summed E-state index contributed by atoms with van der Waals surface area (Å²) in [6.45, 7) is 8.28. The third-order valence-corrected chi connectivity index (χ3v) is 5.41. The Morgan fingerprint density at radius 1 is 1.19 bits per heavy atom. The van der Waals surface area contributed by atoms with Crippen molar-refractivity contribution >= 4 is 17.3 Å². The van der Waals surface area contributed by atoms with Crippen LogP contribution < -0.4 is 15.4 Å². The predicted octanol–water partition coefficient (Wildman–Crippen LogP) is 3.48. The van der Waals surface area contributed by atoms with Crippen LogP contribution in [0.2, 0.25) is 0 Å². The molecule has 5 heteroatoms. The smallest absolute Gasteiger partial charge is 0.224 e. The molecule has 3 N–H and O–H groups in total. The number of nitrogen functional groups attached to an aromatic ring is 1. The van der Waals surface area contributed by atoms with E-state index >= 15 is 0 Å². The molecule has 0 saturated heterocycles. The van der Waals surface area contributed by atoms with Crippen molar-refractivity contribution in [3.63, 3.8) is 0 Å². The van der Waals surface area contributed by atoms with Gasteiger partial charge in [0.05, 0.1) is 6.61 Å². The van der Waals surface area contributed by atoms with Gasteiger partial charge in [0.25, 0.3) is 0 Å². The zero-order chi connectivity index (χ0) is 19.8. The lowest BCUT2D eigenvalue weighted by atomic mass is 9.65. The highest BCUT2D eigenvalue weighted by atomic mass is 16.5. The van der Waals surface area contributed by atoms with Crippen molar-refractivity contribution in [2.75, 3.05) is 23.8 Å². The van der Waals surface area contributed by atoms with Crippen LogP contribution in [0.15, 0.2) is 42.5 Å². The second-order valence-corrected chi connectivity index (χ2v) is 8.05.